The molecule has 5 aromatic carbocycles. The Kier molecular flexibility index (Phi) is 12.6. The molecule has 0 fully saturated rings. The number of anilines is 1. The first-order valence-corrected chi connectivity index (χ1v) is 21.0. The number of aryl methyl sites for hydroxylation is 1. The van der Waals surface area contributed by atoms with Gasteiger partial charge in [-0.1, -0.05) is 77.3 Å². The highest BCUT2D eigenvalue weighted by Gasteiger charge is 2.38. The van der Waals surface area contributed by atoms with Gasteiger partial charge in [0, 0.05) is 42.0 Å². The van der Waals surface area contributed by atoms with Crippen molar-refractivity contribution in [2.24, 2.45) is 0 Å². The molecule has 2 aliphatic heterocycles. The Hall–Kier alpha value is -6.27. The van der Waals surface area contributed by atoms with Crippen LogP contribution in [-0.2, 0) is 35.6 Å². The van der Waals surface area contributed by atoms with E-state index in [4.69, 9.17) is 49.0 Å². The minimum atomic E-state index is -1.26. The van der Waals surface area contributed by atoms with Crippen molar-refractivity contribution >= 4 is 58.4 Å². The summed E-state index contributed by atoms with van der Waals surface area (Å²) in [4.78, 5) is 46.6. The summed E-state index contributed by atoms with van der Waals surface area (Å²) in [6, 6.07) is 29.8. The van der Waals surface area contributed by atoms with E-state index in [9.17, 15) is 19.5 Å². The SMILES string of the molecule is Cc1nccc(-c2ccc(CC(NC(=O)[C@@H]3Cc4cc5c(cc4CN3C(=O)Nc3ccc(Cl)cc3)O[C@@H](c3ccc(OCc4ccc(Cl)c(Cl)c4)cc3)CO5)C(=O)O)cc2)c1C. The van der Waals surface area contributed by atoms with Gasteiger partial charge in [-0.2, -0.15) is 0 Å². The van der Waals surface area contributed by atoms with E-state index < -0.39 is 36.1 Å². The van der Waals surface area contributed by atoms with Gasteiger partial charge in [-0.3, -0.25) is 9.78 Å². The van der Waals surface area contributed by atoms with Crippen molar-refractivity contribution in [2.45, 2.75) is 58.0 Å². The molecule has 6 aromatic rings. The second-order valence-corrected chi connectivity index (χ2v) is 16.5. The summed E-state index contributed by atoms with van der Waals surface area (Å²) in [7, 11) is 0. The van der Waals surface area contributed by atoms with Crippen LogP contribution in [0, 0.1) is 13.8 Å². The number of benzene rings is 5. The molecule has 316 valence electrons. The number of rotatable bonds is 11. The Balaban J connectivity index is 0.984. The van der Waals surface area contributed by atoms with Crippen molar-refractivity contribution < 1.29 is 33.7 Å². The molecule has 0 saturated carbocycles. The molecule has 2 aliphatic rings. The number of ether oxygens (including phenoxy) is 3. The lowest BCUT2D eigenvalue weighted by Gasteiger charge is -2.37. The van der Waals surface area contributed by atoms with E-state index in [1.807, 2.05) is 86.6 Å². The van der Waals surface area contributed by atoms with Gasteiger partial charge in [0.15, 0.2) is 17.6 Å². The van der Waals surface area contributed by atoms with Crippen LogP contribution in [0.5, 0.6) is 17.2 Å². The third-order valence-corrected chi connectivity index (χ3v) is 12.1. The van der Waals surface area contributed by atoms with Crippen LogP contribution < -0.4 is 24.8 Å². The van der Waals surface area contributed by atoms with Gasteiger partial charge in [-0.15, -0.1) is 0 Å². The predicted octanol–water partition coefficient (Wildman–Crippen LogP) is 10.2. The number of halogens is 3. The molecular formula is C48H41Cl3N4O7. The van der Waals surface area contributed by atoms with Gasteiger partial charge in [-0.05, 0) is 125 Å². The molecular weight excluding hydrogens is 851 g/mol. The summed E-state index contributed by atoms with van der Waals surface area (Å²) in [5.74, 6) is -0.142. The van der Waals surface area contributed by atoms with Gasteiger partial charge < -0.3 is 34.9 Å². The molecule has 0 aliphatic carbocycles. The quantitative estimate of drug-likeness (QED) is 0.117. The maximum Gasteiger partial charge on any atom is 0.326 e. The van der Waals surface area contributed by atoms with E-state index >= 15 is 0 Å². The first kappa shape index (κ1) is 42.4. The number of carbonyl (C=O) groups excluding carboxylic acids is 2. The average molecular weight is 892 g/mol. The Bertz CT molecular complexity index is 2640. The molecule has 1 unspecified atom stereocenters. The summed E-state index contributed by atoms with van der Waals surface area (Å²) in [6.45, 7) is 4.55. The Morgan fingerprint density at radius 2 is 1.58 bits per heavy atom. The standard InChI is InChI=1S/C48H41Cl3N4O7/c1-27-28(2)52-18-17-38(27)31-6-3-29(4-7-31)20-41(47(57)58)54-46(56)42-21-33-22-43-44(23-34(33)24-55(42)48(59)53-36-12-10-35(49)11-13-36)62-45(26-61-43)32-8-14-37(15-9-32)60-25-30-5-16-39(50)40(51)19-30/h3-19,22-23,41-42,45H,20-21,24-26H2,1-2H3,(H,53,59)(H,54,56)(H,57,58)/t41?,42-,45+/m0/s1. The van der Waals surface area contributed by atoms with Gasteiger partial charge in [-0.25, -0.2) is 9.59 Å². The van der Waals surface area contributed by atoms with E-state index in [1.165, 1.54) is 4.90 Å². The van der Waals surface area contributed by atoms with Crippen molar-refractivity contribution in [3.05, 3.63) is 170 Å². The van der Waals surface area contributed by atoms with Crippen LogP contribution in [0.1, 0.15) is 45.2 Å². The molecule has 0 bridgehead atoms. The monoisotopic (exact) mass is 890 g/mol. The Labute approximate surface area is 373 Å². The number of hydrogen-bond acceptors (Lipinski definition) is 7. The maximum absolute atomic E-state index is 14.2. The zero-order valence-electron chi connectivity index (χ0n) is 33.7. The zero-order valence-corrected chi connectivity index (χ0v) is 35.9. The second-order valence-electron chi connectivity index (χ2n) is 15.2. The van der Waals surface area contributed by atoms with E-state index in [2.05, 4.69) is 15.6 Å². The van der Waals surface area contributed by atoms with Crippen LogP contribution in [0.15, 0.2) is 115 Å². The molecule has 62 heavy (non-hydrogen) atoms. The van der Waals surface area contributed by atoms with Crippen LogP contribution in [0.3, 0.4) is 0 Å². The van der Waals surface area contributed by atoms with Crippen LogP contribution >= 0.6 is 34.8 Å². The molecule has 11 nitrogen and oxygen atoms in total. The first-order chi connectivity index (χ1) is 29.9. The largest absolute Gasteiger partial charge is 0.489 e. The number of hydrogen-bond donors (Lipinski definition) is 3. The third kappa shape index (κ3) is 9.60. The molecule has 3 N–H and O–H groups in total. The van der Waals surface area contributed by atoms with E-state index in [0.717, 1.165) is 50.2 Å². The van der Waals surface area contributed by atoms with Crippen LogP contribution in [0.4, 0.5) is 10.5 Å². The molecule has 0 spiro atoms. The molecule has 8 rings (SSSR count). The number of carbonyl (C=O) groups is 3. The number of nitrogens with one attached hydrogen (secondary N) is 2. The molecule has 0 saturated heterocycles. The Morgan fingerprint density at radius 1 is 0.855 bits per heavy atom. The number of aliphatic carboxylic acids is 1. The summed E-state index contributed by atoms with van der Waals surface area (Å²) in [5.41, 5.74) is 8.48. The smallest absolute Gasteiger partial charge is 0.326 e. The zero-order chi connectivity index (χ0) is 43.5. The highest BCUT2D eigenvalue weighted by molar-refractivity contribution is 6.42. The topological polar surface area (TPSA) is 139 Å². The fraction of sp³-hybridized carbons (Fsp3) is 0.208. The average Bonchev–Trinajstić information content (AvgIpc) is 3.27. The number of nitrogens with zero attached hydrogens (tertiary/aromatic N) is 2. The Morgan fingerprint density at radius 3 is 2.31 bits per heavy atom. The number of aromatic nitrogens is 1. The second kappa shape index (κ2) is 18.4. The van der Waals surface area contributed by atoms with Gasteiger partial charge in [0.05, 0.1) is 10.0 Å². The molecule has 3 heterocycles. The third-order valence-electron chi connectivity index (χ3n) is 11.1. The minimum absolute atomic E-state index is 0.0321. The number of carboxylic acid groups (broad SMARTS) is 1. The van der Waals surface area contributed by atoms with Gasteiger partial charge in [0.1, 0.15) is 31.0 Å². The summed E-state index contributed by atoms with van der Waals surface area (Å²) in [5, 5.41) is 17.3. The number of carboxylic acids is 1. The van der Waals surface area contributed by atoms with Crippen LogP contribution in [-0.4, -0.2) is 51.6 Å². The van der Waals surface area contributed by atoms with Crippen molar-refractivity contribution in [1.82, 2.24) is 15.2 Å². The van der Waals surface area contributed by atoms with Gasteiger partial charge in [0.25, 0.3) is 0 Å². The first-order valence-electron chi connectivity index (χ1n) is 19.9. The van der Waals surface area contributed by atoms with Crippen molar-refractivity contribution in [1.29, 1.82) is 0 Å². The lowest BCUT2D eigenvalue weighted by molar-refractivity contribution is -0.142. The van der Waals surface area contributed by atoms with Crippen molar-refractivity contribution in [3.8, 4) is 28.4 Å². The number of amides is 3. The summed E-state index contributed by atoms with van der Waals surface area (Å²) in [6.07, 6.45) is 1.47. The van der Waals surface area contributed by atoms with E-state index in [-0.39, 0.29) is 26.0 Å². The van der Waals surface area contributed by atoms with E-state index in [1.54, 1.807) is 42.6 Å². The molecule has 0 radical (unpaired) electrons. The lowest BCUT2D eigenvalue weighted by atomic mass is 9.92. The number of fused-ring (bicyclic) bond motifs is 2. The highest BCUT2D eigenvalue weighted by atomic mass is 35.5. The molecule has 3 amide bonds. The van der Waals surface area contributed by atoms with E-state index in [0.29, 0.717) is 44.6 Å². The highest BCUT2D eigenvalue weighted by Crippen LogP contribution is 2.41. The van der Waals surface area contributed by atoms with Crippen molar-refractivity contribution in [3.63, 3.8) is 0 Å². The van der Waals surface area contributed by atoms with Gasteiger partial charge in [0.2, 0.25) is 5.91 Å². The number of pyridine rings is 1. The molecule has 1 aromatic heterocycles. The predicted molar refractivity (Wildman–Crippen MR) is 238 cm³/mol. The van der Waals surface area contributed by atoms with Gasteiger partial charge >= 0.3 is 12.0 Å². The van der Waals surface area contributed by atoms with Crippen LogP contribution in [0.25, 0.3) is 11.1 Å². The lowest BCUT2D eigenvalue weighted by Crippen LogP contribution is -2.56. The summed E-state index contributed by atoms with van der Waals surface area (Å²) < 4.78 is 18.6. The minimum Gasteiger partial charge on any atom is -0.489 e. The molecule has 3 atom stereocenters. The fourth-order valence-corrected chi connectivity index (χ4v) is 7.99. The maximum atomic E-state index is 14.2. The summed E-state index contributed by atoms with van der Waals surface area (Å²) >= 11 is 18.3. The van der Waals surface area contributed by atoms with Crippen LogP contribution in [0.2, 0.25) is 15.1 Å². The molecule has 14 heteroatoms. The number of urea groups is 1. The normalized spacial score (nSPS) is 15.9. The fourth-order valence-electron chi connectivity index (χ4n) is 7.54. The van der Waals surface area contributed by atoms with Crippen molar-refractivity contribution in [2.75, 3.05) is 11.9 Å².